The summed E-state index contributed by atoms with van der Waals surface area (Å²) in [5.41, 5.74) is 7.04. The zero-order valence-electron chi connectivity index (χ0n) is 11.7. The Morgan fingerprint density at radius 2 is 1.89 bits per heavy atom. The van der Waals surface area contributed by atoms with Gasteiger partial charge in [0.2, 0.25) is 0 Å². The average molecular weight is 251 g/mol. The van der Waals surface area contributed by atoms with E-state index in [0.717, 1.165) is 6.54 Å². The van der Waals surface area contributed by atoms with Crippen LogP contribution < -0.4 is 5.32 Å². The van der Waals surface area contributed by atoms with Crippen molar-refractivity contribution in [2.45, 2.75) is 26.7 Å². The van der Waals surface area contributed by atoms with Crippen LogP contribution in [0.25, 0.3) is 0 Å². The van der Waals surface area contributed by atoms with Crippen molar-refractivity contribution in [2.24, 2.45) is 5.92 Å². The van der Waals surface area contributed by atoms with Crippen molar-refractivity contribution in [3.05, 3.63) is 64.7 Å². The van der Waals surface area contributed by atoms with Gasteiger partial charge in [0.15, 0.2) is 0 Å². The Labute approximate surface area is 115 Å². The second-order valence-electron chi connectivity index (χ2n) is 5.73. The minimum Gasteiger partial charge on any atom is -0.385 e. The zero-order valence-corrected chi connectivity index (χ0v) is 11.7. The molecule has 1 heterocycles. The van der Waals surface area contributed by atoms with Gasteiger partial charge in [-0.2, -0.15) is 0 Å². The van der Waals surface area contributed by atoms with E-state index >= 15 is 0 Å². The van der Waals surface area contributed by atoms with Gasteiger partial charge >= 0.3 is 0 Å². The highest BCUT2D eigenvalue weighted by Crippen LogP contribution is 2.26. The molecule has 0 bridgehead atoms. The molecule has 1 N–H and O–H groups in total. The molecular weight excluding hydrogens is 230 g/mol. The highest BCUT2D eigenvalue weighted by molar-refractivity contribution is 5.53. The Morgan fingerprint density at radius 1 is 1.05 bits per heavy atom. The fourth-order valence-electron chi connectivity index (χ4n) is 2.92. The Morgan fingerprint density at radius 3 is 2.74 bits per heavy atom. The molecule has 0 saturated heterocycles. The van der Waals surface area contributed by atoms with Gasteiger partial charge in [-0.15, -0.1) is 0 Å². The summed E-state index contributed by atoms with van der Waals surface area (Å²) in [6.45, 7) is 5.47. The average Bonchev–Trinajstić information content (AvgIpc) is 2.43. The Balaban J connectivity index is 1.73. The quantitative estimate of drug-likeness (QED) is 0.846. The van der Waals surface area contributed by atoms with Crippen LogP contribution in [0.4, 0.5) is 5.69 Å². The lowest BCUT2D eigenvalue weighted by Crippen LogP contribution is -2.24. The van der Waals surface area contributed by atoms with E-state index in [1.54, 1.807) is 0 Å². The van der Waals surface area contributed by atoms with Gasteiger partial charge in [-0.3, -0.25) is 0 Å². The first-order chi connectivity index (χ1) is 9.22. The molecule has 0 aromatic heterocycles. The Bertz CT molecular complexity index is 586. The number of para-hydroxylation sites is 1. The van der Waals surface area contributed by atoms with Gasteiger partial charge in [-0.1, -0.05) is 36.4 Å². The number of fused-ring (bicyclic) bond motifs is 1. The summed E-state index contributed by atoms with van der Waals surface area (Å²) >= 11 is 0. The molecule has 98 valence electrons. The first-order valence-corrected chi connectivity index (χ1v) is 7.10. The zero-order chi connectivity index (χ0) is 13.2. The van der Waals surface area contributed by atoms with Gasteiger partial charge in [0.1, 0.15) is 0 Å². The molecule has 0 spiro atoms. The molecule has 3 rings (SSSR count). The second kappa shape index (κ2) is 5.08. The van der Waals surface area contributed by atoms with Crippen LogP contribution in [0.15, 0.2) is 42.5 Å². The molecule has 2 aromatic carbocycles. The third-order valence-corrected chi connectivity index (χ3v) is 4.20. The van der Waals surface area contributed by atoms with Crippen molar-refractivity contribution in [2.75, 3.05) is 11.9 Å². The van der Waals surface area contributed by atoms with Crippen LogP contribution in [-0.2, 0) is 12.8 Å². The number of rotatable bonds is 2. The van der Waals surface area contributed by atoms with Crippen LogP contribution in [0.2, 0.25) is 0 Å². The molecular formula is C18H21N. The first kappa shape index (κ1) is 12.3. The van der Waals surface area contributed by atoms with Crippen molar-refractivity contribution < 1.29 is 0 Å². The number of benzene rings is 2. The van der Waals surface area contributed by atoms with Gasteiger partial charge < -0.3 is 5.32 Å². The van der Waals surface area contributed by atoms with Gasteiger partial charge in [-0.25, -0.2) is 0 Å². The molecule has 1 aliphatic heterocycles. The van der Waals surface area contributed by atoms with Crippen molar-refractivity contribution in [3.63, 3.8) is 0 Å². The highest BCUT2D eigenvalue weighted by atomic mass is 14.9. The largest absolute Gasteiger partial charge is 0.385 e. The third kappa shape index (κ3) is 2.65. The summed E-state index contributed by atoms with van der Waals surface area (Å²) in [7, 11) is 0. The predicted octanol–water partition coefficient (Wildman–Crippen LogP) is 4.13. The smallest absolute Gasteiger partial charge is 0.0372 e. The van der Waals surface area contributed by atoms with Crippen LogP contribution in [0.3, 0.4) is 0 Å². The van der Waals surface area contributed by atoms with Gasteiger partial charge in [0, 0.05) is 12.2 Å². The van der Waals surface area contributed by atoms with E-state index in [1.165, 1.54) is 40.8 Å². The molecule has 0 amide bonds. The summed E-state index contributed by atoms with van der Waals surface area (Å²) in [5.74, 6) is 0.706. The number of nitrogens with one attached hydrogen (secondary N) is 1. The van der Waals surface area contributed by atoms with Crippen molar-refractivity contribution in [1.82, 2.24) is 0 Å². The van der Waals surface area contributed by atoms with Gasteiger partial charge in [0.25, 0.3) is 0 Å². The van der Waals surface area contributed by atoms with Crippen LogP contribution in [0.1, 0.15) is 22.3 Å². The molecule has 1 unspecified atom stereocenters. The number of anilines is 1. The molecule has 0 saturated carbocycles. The molecule has 0 fully saturated rings. The monoisotopic (exact) mass is 251 g/mol. The van der Waals surface area contributed by atoms with E-state index in [0.29, 0.717) is 5.92 Å². The molecule has 1 nitrogen and oxygen atoms in total. The second-order valence-corrected chi connectivity index (χ2v) is 5.73. The van der Waals surface area contributed by atoms with E-state index in [4.69, 9.17) is 0 Å². The standard InChI is InChI=1S/C18H21N/c1-13-7-8-15(9-14(13)2)10-16-11-17-5-3-4-6-18(17)19-12-16/h3-9,16,19H,10-12H2,1-2H3. The highest BCUT2D eigenvalue weighted by Gasteiger charge is 2.18. The first-order valence-electron chi connectivity index (χ1n) is 7.10. The van der Waals surface area contributed by atoms with Crippen molar-refractivity contribution in [1.29, 1.82) is 0 Å². The molecule has 1 aliphatic rings. The van der Waals surface area contributed by atoms with E-state index < -0.39 is 0 Å². The molecule has 0 aliphatic carbocycles. The van der Waals surface area contributed by atoms with E-state index in [2.05, 4.69) is 61.6 Å². The Kier molecular flexibility index (Phi) is 3.29. The number of hydrogen-bond acceptors (Lipinski definition) is 1. The fraction of sp³-hybridized carbons (Fsp3) is 0.333. The minimum atomic E-state index is 0.706. The van der Waals surface area contributed by atoms with E-state index in [9.17, 15) is 0 Å². The summed E-state index contributed by atoms with van der Waals surface area (Å²) < 4.78 is 0. The third-order valence-electron chi connectivity index (χ3n) is 4.20. The lowest BCUT2D eigenvalue weighted by molar-refractivity contribution is 0.535. The lowest BCUT2D eigenvalue weighted by Gasteiger charge is -2.26. The van der Waals surface area contributed by atoms with Gasteiger partial charge in [0.05, 0.1) is 0 Å². The summed E-state index contributed by atoms with van der Waals surface area (Å²) in [4.78, 5) is 0. The molecule has 0 radical (unpaired) electrons. The lowest BCUT2D eigenvalue weighted by atomic mass is 9.88. The van der Waals surface area contributed by atoms with E-state index in [1.807, 2.05) is 0 Å². The van der Waals surface area contributed by atoms with Crippen LogP contribution >= 0.6 is 0 Å². The fourth-order valence-corrected chi connectivity index (χ4v) is 2.92. The van der Waals surface area contributed by atoms with Crippen molar-refractivity contribution in [3.8, 4) is 0 Å². The summed E-state index contributed by atoms with van der Waals surface area (Å²) in [5, 5.41) is 3.56. The summed E-state index contributed by atoms with van der Waals surface area (Å²) in [6, 6.07) is 15.5. The maximum Gasteiger partial charge on any atom is 0.0372 e. The minimum absolute atomic E-state index is 0.706. The van der Waals surface area contributed by atoms with Crippen LogP contribution in [0, 0.1) is 19.8 Å². The normalized spacial score (nSPS) is 17.7. The molecule has 19 heavy (non-hydrogen) atoms. The molecule has 1 atom stereocenters. The number of aryl methyl sites for hydroxylation is 2. The number of hydrogen-bond donors (Lipinski definition) is 1. The summed E-state index contributed by atoms with van der Waals surface area (Å²) in [6.07, 6.45) is 2.36. The van der Waals surface area contributed by atoms with Crippen LogP contribution in [-0.4, -0.2) is 6.54 Å². The molecule has 2 aromatic rings. The maximum atomic E-state index is 3.56. The maximum absolute atomic E-state index is 3.56. The van der Waals surface area contributed by atoms with E-state index in [-0.39, 0.29) is 0 Å². The van der Waals surface area contributed by atoms with Gasteiger partial charge in [-0.05, 0) is 60.9 Å². The SMILES string of the molecule is Cc1ccc(CC2CNc3ccccc3C2)cc1C. The topological polar surface area (TPSA) is 12.0 Å². The van der Waals surface area contributed by atoms with Crippen LogP contribution in [0.5, 0.6) is 0 Å². The molecule has 1 heteroatoms. The predicted molar refractivity (Wildman–Crippen MR) is 81.7 cm³/mol. The van der Waals surface area contributed by atoms with Crippen molar-refractivity contribution >= 4 is 5.69 Å². The Hall–Kier alpha value is -1.76.